The molecule has 0 aromatic heterocycles. The predicted molar refractivity (Wildman–Crippen MR) is 104 cm³/mol. The van der Waals surface area contributed by atoms with Crippen molar-refractivity contribution < 1.29 is 19.1 Å². The fourth-order valence-corrected chi connectivity index (χ4v) is 3.43. The minimum atomic E-state index is -0.264. The van der Waals surface area contributed by atoms with Crippen LogP contribution >= 0.6 is 0 Å². The average Bonchev–Trinajstić information content (AvgIpc) is 2.69. The topological polar surface area (TPSA) is 75.7 Å². The molecule has 0 spiro atoms. The van der Waals surface area contributed by atoms with Crippen LogP contribution in [0, 0.1) is 11.8 Å². The van der Waals surface area contributed by atoms with E-state index in [0.29, 0.717) is 30.9 Å². The van der Waals surface area contributed by atoms with Gasteiger partial charge < -0.3 is 15.0 Å². The zero-order valence-corrected chi connectivity index (χ0v) is 16.5. The molecular weight excluding hydrogens is 344 g/mol. The van der Waals surface area contributed by atoms with Crippen LogP contribution in [-0.2, 0) is 14.3 Å². The summed E-state index contributed by atoms with van der Waals surface area (Å²) >= 11 is 0. The van der Waals surface area contributed by atoms with E-state index in [9.17, 15) is 14.4 Å². The number of ether oxygens (including phenoxy) is 1. The number of hydrogen-bond donors (Lipinski definition) is 1. The van der Waals surface area contributed by atoms with Crippen LogP contribution in [0.15, 0.2) is 24.3 Å². The molecule has 6 nitrogen and oxygen atoms in total. The molecule has 148 valence electrons. The number of anilines is 1. The first-order valence-corrected chi connectivity index (χ1v) is 9.86. The fourth-order valence-electron chi connectivity index (χ4n) is 3.43. The van der Waals surface area contributed by atoms with E-state index in [2.05, 4.69) is 5.32 Å². The highest BCUT2D eigenvalue weighted by Crippen LogP contribution is 2.21. The summed E-state index contributed by atoms with van der Waals surface area (Å²) in [6.45, 7) is 7.11. The van der Waals surface area contributed by atoms with Gasteiger partial charge in [-0.05, 0) is 50.8 Å². The summed E-state index contributed by atoms with van der Waals surface area (Å²) in [6, 6.07) is 7.00. The highest BCUT2D eigenvalue weighted by atomic mass is 16.5. The minimum Gasteiger partial charge on any atom is -0.466 e. The van der Waals surface area contributed by atoms with Crippen molar-refractivity contribution >= 4 is 23.5 Å². The number of nitrogens with zero attached hydrogens (tertiary/aromatic N) is 1. The van der Waals surface area contributed by atoms with E-state index < -0.39 is 0 Å². The molecule has 0 unspecified atom stereocenters. The highest BCUT2D eigenvalue weighted by molar-refractivity contribution is 5.98. The molecular formula is C21H30N2O4. The molecule has 0 aliphatic carbocycles. The molecule has 1 aliphatic rings. The second-order valence-electron chi connectivity index (χ2n) is 6.93. The molecule has 1 aliphatic heterocycles. The number of rotatable bonds is 7. The van der Waals surface area contributed by atoms with Crippen LogP contribution in [-0.4, -0.2) is 42.4 Å². The van der Waals surface area contributed by atoms with Crippen molar-refractivity contribution in [2.75, 3.05) is 25.0 Å². The summed E-state index contributed by atoms with van der Waals surface area (Å²) in [5.74, 6) is -0.675. The maximum atomic E-state index is 12.9. The first-order chi connectivity index (χ1) is 13.0. The number of carbonyl (C=O) groups is 3. The van der Waals surface area contributed by atoms with Gasteiger partial charge in [-0.2, -0.15) is 0 Å². The maximum absolute atomic E-state index is 12.9. The van der Waals surface area contributed by atoms with Crippen molar-refractivity contribution in [3.8, 4) is 0 Å². The quantitative estimate of drug-likeness (QED) is 0.742. The monoisotopic (exact) mass is 374 g/mol. The molecule has 0 radical (unpaired) electrons. The lowest BCUT2D eigenvalue weighted by molar-refractivity contribution is -0.149. The van der Waals surface area contributed by atoms with E-state index in [4.69, 9.17) is 4.74 Å². The third-order valence-corrected chi connectivity index (χ3v) is 5.06. The smallest absolute Gasteiger partial charge is 0.310 e. The molecule has 0 bridgehead atoms. The lowest BCUT2D eigenvalue weighted by Gasteiger charge is -2.31. The molecule has 1 aromatic carbocycles. The van der Waals surface area contributed by atoms with Crippen molar-refractivity contribution in [3.63, 3.8) is 0 Å². The Labute approximate surface area is 161 Å². The van der Waals surface area contributed by atoms with Crippen molar-refractivity contribution in [2.24, 2.45) is 11.8 Å². The zero-order chi connectivity index (χ0) is 19.8. The Hall–Kier alpha value is -2.37. The molecule has 1 N–H and O–H groups in total. The van der Waals surface area contributed by atoms with Crippen LogP contribution in [0.5, 0.6) is 0 Å². The summed E-state index contributed by atoms with van der Waals surface area (Å²) in [5, 5.41) is 2.90. The molecule has 1 aromatic rings. The van der Waals surface area contributed by atoms with Crippen molar-refractivity contribution in [2.45, 2.75) is 46.5 Å². The van der Waals surface area contributed by atoms with Gasteiger partial charge in [0.25, 0.3) is 5.91 Å². The third kappa shape index (κ3) is 5.55. The van der Waals surface area contributed by atoms with Gasteiger partial charge in [0.15, 0.2) is 0 Å². The van der Waals surface area contributed by atoms with Gasteiger partial charge in [0, 0.05) is 30.3 Å². The van der Waals surface area contributed by atoms with E-state index in [1.165, 1.54) is 0 Å². The van der Waals surface area contributed by atoms with Crippen molar-refractivity contribution in [3.05, 3.63) is 29.8 Å². The molecule has 0 saturated carbocycles. The van der Waals surface area contributed by atoms with E-state index in [-0.39, 0.29) is 29.6 Å². The van der Waals surface area contributed by atoms with E-state index in [0.717, 1.165) is 25.7 Å². The van der Waals surface area contributed by atoms with E-state index in [1.807, 2.05) is 13.8 Å². The second kappa shape index (κ2) is 10.1. The summed E-state index contributed by atoms with van der Waals surface area (Å²) in [7, 11) is 0. The SMILES string of the molecule is CCOC(=O)[C@H]1CCCN(C(=O)c2cccc(NC(=O)C(CC)CC)c2)C1. The first-order valence-electron chi connectivity index (χ1n) is 9.86. The summed E-state index contributed by atoms with van der Waals surface area (Å²) < 4.78 is 5.10. The van der Waals surface area contributed by atoms with Crippen LogP contribution in [0.3, 0.4) is 0 Å². The van der Waals surface area contributed by atoms with Gasteiger partial charge in [0.05, 0.1) is 12.5 Å². The van der Waals surface area contributed by atoms with Crippen LogP contribution in [0.25, 0.3) is 0 Å². The van der Waals surface area contributed by atoms with Gasteiger partial charge in [-0.15, -0.1) is 0 Å². The lowest BCUT2D eigenvalue weighted by atomic mass is 9.97. The Morgan fingerprint density at radius 3 is 2.63 bits per heavy atom. The van der Waals surface area contributed by atoms with Gasteiger partial charge in [-0.25, -0.2) is 0 Å². The summed E-state index contributed by atoms with van der Waals surface area (Å²) in [4.78, 5) is 38.8. The minimum absolute atomic E-state index is 0.0232. The molecule has 1 saturated heterocycles. The van der Waals surface area contributed by atoms with Crippen LogP contribution in [0.1, 0.15) is 56.8 Å². The average molecular weight is 374 g/mol. The predicted octanol–water partition coefficient (Wildman–Crippen LogP) is 3.48. The van der Waals surface area contributed by atoms with Gasteiger partial charge in [0.1, 0.15) is 0 Å². The standard InChI is InChI=1S/C21H30N2O4/c1-4-15(5-2)19(24)22-18-11-7-9-16(13-18)20(25)23-12-8-10-17(14-23)21(26)27-6-3/h7,9,11,13,15,17H,4-6,8,10,12,14H2,1-3H3,(H,22,24)/t17-/m0/s1. The van der Waals surface area contributed by atoms with Gasteiger partial charge >= 0.3 is 5.97 Å². The number of hydrogen-bond acceptors (Lipinski definition) is 4. The Morgan fingerprint density at radius 2 is 1.96 bits per heavy atom. The van der Waals surface area contributed by atoms with Gasteiger partial charge in [-0.1, -0.05) is 19.9 Å². The molecule has 2 rings (SSSR count). The maximum Gasteiger partial charge on any atom is 0.310 e. The lowest BCUT2D eigenvalue weighted by Crippen LogP contribution is -2.42. The zero-order valence-electron chi connectivity index (χ0n) is 16.5. The number of piperidine rings is 1. The highest BCUT2D eigenvalue weighted by Gasteiger charge is 2.29. The Kier molecular flexibility index (Phi) is 7.82. The second-order valence-corrected chi connectivity index (χ2v) is 6.93. The number of carbonyl (C=O) groups excluding carboxylic acids is 3. The third-order valence-electron chi connectivity index (χ3n) is 5.06. The largest absolute Gasteiger partial charge is 0.466 e. The Bertz CT molecular complexity index is 670. The first kappa shape index (κ1) is 20.9. The Morgan fingerprint density at radius 1 is 1.22 bits per heavy atom. The normalized spacial score (nSPS) is 16.9. The fraction of sp³-hybridized carbons (Fsp3) is 0.571. The van der Waals surface area contributed by atoms with Crippen LogP contribution in [0.4, 0.5) is 5.69 Å². The number of amides is 2. The van der Waals surface area contributed by atoms with Gasteiger partial charge in [0.2, 0.25) is 5.91 Å². The molecule has 1 atom stereocenters. The molecule has 2 amide bonds. The molecule has 1 heterocycles. The van der Waals surface area contributed by atoms with Crippen LogP contribution in [0.2, 0.25) is 0 Å². The number of esters is 1. The summed E-state index contributed by atoms with van der Waals surface area (Å²) in [5.41, 5.74) is 1.14. The van der Waals surface area contributed by atoms with Gasteiger partial charge in [-0.3, -0.25) is 14.4 Å². The Balaban J connectivity index is 2.06. The molecule has 6 heteroatoms. The van der Waals surface area contributed by atoms with Crippen LogP contribution < -0.4 is 5.32 Å². The van der Waals surface area contributed by atoms with Crippen molar-refractivity contribution in [1.29, 1.82) is 0 Å². The van der Waals surface area contributed by atoms with Crippen molar-refractivity contribution in [1.82, 2.24) is 4.90 Å². The molecule has 1 fully saturated rings. The molecule has 27 heavy (non-hydrogen) atoms. The number of nitrogens with one attached hydrogen (secondary N) is 1. The van der Waals surface area contributed by atoms with E-state index in [1.54, 1.807) is 36.1 Å². The number of likely N-dealkylation sites (tertiary alicyclic amines) is 1. The summed E-state index contributed by atoms with van der Waals surface area (Å²) in [6.07, 6.45) is 3.09. The number of benzene rings is 1. The van der Waals surface area contributed by atoms with E-state index >= 15 is 0 Å².